The van der Waals surface area contributed by atoms with Gasteiger partial charge in [0, 0.05) is 12.6 Å². The first-order valence-corrected chi connectivity index (χ1v) is 6.34. The van der Waals surface area contributed by atoms with Crippen LogP contribution in [0.5, 0.6) is 5.75 Å². The molecule has 5 heteroatoms. The predicted octanol–water partition coefficient (Wildman–Crippen LogP) is 2.47. The summed E-state index contributed by atoms with van der Waals surface area (Å²) in [5.74, 6) is 0.439. The standard InChI is InChI=1S/C13H22N2O3/c1-6-10(18-7-2)13(16)12-11(17-5)8-14-15(12)9(3)4/h8-10H,6-7H2,1-5H3. The van der Waals surface area contributed by atoms with Crippen LogP contribution in [0.2, 0.25) is 0 Å². The average molecular weight is 254 g/mol. The van der Waals surface area contributed by atoms with Gasteiger partial charge in [0.05, 0.1) is 13.3 Å². The number of hydrogen-bond acceptors (Lipinski definition) is 4. The molecule has 1 aromatic heterocycles. The van der Waals surface area contributed by atoms with Crippen LogP contribution in [0.25, 0.3) is 0 Å². The first kappa shape index (κ1) is 14.7. The van der Waals surface area contributed by atoms with Crippen molar-refractivity contribution in [1.82, 2.24) is 9.78 Å². The summed E-state index contributed by atoms with van der Waals surface area (Å²) in [6, 6.07) is 0.104. The van der Waals surface area contributed by atoms with E-state index >= 15 is 0 Å². The number of methoxy groups -OCH3 is 1. The molecule has 0 aliphatic heterocycles. The van der Waals surface area contributed by atoms with E-state index in [1.54, 1.807) is 18.0 Å². The van der Waals surface area contributed by atoms with Crippen molar-refractivity contribution in [2.75, 3.05) is 13.7 Å². The summed E-state index contributed by atoms with van der Waals surface area (Å²) in [5.41, 5.74) is 0.493. The molecular formula is C13H22N2O3. The molecule has 1 rings (SSSR count). The number of aromatic nitrogens is 2. The van der Waals surface area contributed by atoms with Gasteiger partial charge < -0.3 is 9.47 Å². The summed E-state index contributed by atoms with van der Waals surface area (Å²) >= 11 is 0. The average Bonchev–Trinajstić information content (AvgIpc) is 2.78. The highest BCUT2D eigenvalue weighted by atomic mass is 16.5. The first-order chi connectivity index (χ1) is 8.56. The molecule has 5 nitrogen and oxygen atoms in total. The Balaban J connectivity index is 3.12. The van der Waals surface area contributed by atoms with Gasteiger partial charge in [-0.3, -0.25) is 9.48 Å². The van der Waals surface area contributed by atoms with E-state index in [0.29, 0.717) is 24.5 Å². The Labute approximate surface area is 108 Å². The van der Waals surface area contributed by atoms with E-state index in [1.807, 2.05) is 27.7 Å². The van der Waals surface area contributed by atoms with Crippen molar-refractivity contribution >= 4 is 5.78 Å². The van der Waals surface area contributed by atoms with Crippen molar-refractivity contribution in [3.63, 3.8) is 0 Å². The van der Waals surface area contributed by atoms with Gasteiger partial charge in [0.15, 0.2) is 5.75 Å². The zero-order valence-electron chi connectivity index (χ0n) is 11.8. The second kappa shape index (κ2) is 6.54. The van der Waals surface area contributed by atoms with Crippen LogP contribution in [0, 0.1) is 0 Å². The summed E-state index contributed by atoms with van der Waals surface area (Å²) in [6.07, 6.45) is 1.78. The van der Waals surface area contributed by atoms with Crippen LogP contribution in [-0.2, 0) is 4.74 Å². The molecule has 1 atom stereocenters. The van der Waals surface area contributed by atoms with Crippen LogP contribution in [-0.4, -0.2) is 35.4 Å². The van der Waals surface area contributed by atoms with Gasteiger partial charge in [-0.1, -0.05) is 6.92 Å². The Morgan fingerprint density at radius 1 is 1.44 bits per heavy atom. The van der Waals surface area contributed by atoms with Gasteiger partial charge in [0.25, 0.3) is 0 Å². The third-order valence-electron chi connectivity index (χ3n) is 2.74. The highest BCUT2D eigenvalue weighted by Gasteiger charge is 2.27. The lowest BCUT2D eigenvalue weighted by Gasteiger charge is -2.17. The monoisotopic (exact) mass is 254 g/mol. The largest absolute Gasteiger partial charge is 0.493 e. The van der Waals surface area contributed by atoms with Crippen molar-refractivity contribution in [1.29, 1.82) is 0 Å². The van der Waals surface area contributed by atoms with Crippen LogP contribution >= 0.6 is 0 Å². The van der Waals surface area contributed by atoms with Gasteiger partial charge in [0.2, 0.25) is 5.78 Å². The molecule has 0 amide bonds. The number of carbonyl (C=O) groups excluding carboxylic acids is 1. The van der Waals surface area contributed by atoms with Gasteiger partial charge >= 0.3 is 0 Å². The molecule has 0 fully saturated rings. The maximum atomic E-state index is 12.5. The molecule has 0 bridgehead atoms. The number of rotatable bonds is 7. The lowest BCUT2D eigenvalue weighted by molar-refractivity contribution is 0.0430. The molecule has 0 aliphatic rings. The SMILES string of the molecule is CCOC(CC)C(=O)c1c(OC)cnn1C(C)C. The van der Waals surface area contributed by atoms with Crippen molar-refractivity contribution in [2.45, 2.75) is 46.3 Å². The zero-order chi connectivity index (χ0) is 13.7. The number of carbonyl (C=O) groups is 1. The second-order valence-electron chi connectivity index (χ2n) is 4.32. The van der Waals surface area contributed by atoms with Gasteiger partial charge in [0.1, 0.15) is 11.8 Å². The lowest BCUT2D eigenvalue weighted by Crippen LogP contribution is -2.27. The molecule has 1 aromatic rings. The Morgan fingerprint density at radius 2 is 2.11 bits per heavy atom. The molecular weight excluding hydrogens is 232 g/mol. The smallest absolute Gasteiger partial charge is 0.213 e. The van der Waals surface area contributed by atoms with E-state index in [9.17, 15) is 4.79 Å². The van der Waals surface area contributed by atoms with Crippen LogP contribution in [0.15, 0.2) is 6.20 Å². The zero-order valence-corrected chi connectivity index (χ0v) is 11.8. The fraction of sp³-hybridized carbons (Fsp3) is 0.692. The summed E-state index contributed by atoms with van der Waals surface area (Å²) in [6.45, 7) is 8.28. The summed E-state index contributed by atoms with van der Waals surface area (Å²) in [4.78, 5) is 12.5. The molecule has 0 aliphatic carbocycles. The summed E-state index contributed by atoms with van der Waals surface area (Å²) in [5, 5.41) is 4.20. The fourth-order valence-corrected chi connectivity index (χ4v) is 1.85. The molecule has 1 unspecified atom stereocenters. The summed E-state index contributed by atoms with van der Waals surface area (Å²) < 4.78 is 12.4. The minimum Gasteiger partial charge on any atom is -0.493 e. The Morgan fingerprint density at radius 3 is 2.56 bits per heavy atom. The summed E-state index contributed by atoms with van der Waals surface area (Å²) in [7, 11) is 1.54. The Bertz CT molecular complexity index is 399. The molecule has 0 N–H and O–H groups in total. The molecule has 0 aromatic carbocycles. The van der Waals surface area contributed by atoms with E-state index in [0.717, 1.165) is 0 Å². The van der Waals surface area contributed by atoms with Crippen LogP contribution < -0.4 is 4.74 Å². The van der Waals surface area contributed by atoms with Crippen LogP contribution in [0.3, 0.4) is 0 Å². The van der Waals surface area contributed by atoms with Crippen molar-refractivity contribution in [3.05, 3.63) is 11.9 Å². The molecule has 102 valence electrons. The van der Waals surface area contributed by atoms with Crippen LogP contribution in [0.4, 0.5) is 0 Å². The lowest BCUT2D eigenvalue weighted by atomic mass is 10.1. The molecule has 0 saturated carbocycles. The second-order valence-corrected chi connectivity index (χ2v) is 4.32. The van der Waals surface area contributed by atoms with E-state index in [1.165, 1.54) is 0 Å². The number of hydrogen-bond donors (Lipinski definition) is 0. The van der Waals surface area contributed by atoms with Gasteiger partial charge in [-0.25, -0.2) is 0 Å². The third-order valence-corrected chi connectivity index (χ3v) is 2.74. The van der Waals surface area contributed by atoms with E-state index in [2.05, 4.69) is 5.10 Å². The van der Waals surface area contributed by atoms with Crippen LogP contribution in [0.1, 0.15) is 50.6 Å². The normalized spacial score (nSPS) is 12.8. The van der Waals surface area contributed by atoms with E-state index < -0.39 is 6.10 Å². The van der Waals surface area contributed by atoms with Gasteiger partial charge in [-0.15, -0.1) is 0 Å². The molecule has 0 spiro atoms. The van der Waals surface area contributed by atoms with Crippen molar-refractivity contribution in [2.24, 2.45) is 0 Å². The minimum absolute atomic E-state index is 0.0672. The Kier molecular flexibility index (Phi) is 5.34. The number of ketones is 1. The number of Topliss-reactive ketones (excluding diaryl/α,β-unsaturated/α-hetero) is 1. The maximum Gasteiger partial charge on any atom is 0.213 e. The fourth-order valence-electron chi connectivity index (χ4n) is 1.85. The van der Waals surface area contributed by atoms with Gasteiger partial charge in [-0.05, 0) is 27.2 Å². The first-order valence-electron chi connectivity index (χ1n) is 6.34. The van der Waals surface area contributed by atoms with E-state index in [-0.39, 0.29) is 11.8 Å². The Hall–Kier alpha value is -1.36. The topological polar surface area (TPSA) is 53.4 Å². The number of nitrogens with zero attached hydrogens (tertiary/aromatic N) is 2. The molecule has 0 radical (unpaired) electrons. The van der Waals surface area contributed by atoms with Crippen molar-refractivity contribution < 1.29 is 14.3 Å². The number of ether oxygens (including phenoxy) is 2. The highest BCUT2D eigenvalue weighted by molar-refractivity contribution is 6.00. The molecule has 0 saturated heterocycles. The highest BCUT2D eigenvalue weighted by Crippen LogP contribution is 2.23. The molecule has 18 heavy (non-hydrogen) atoms. The third kappa shape index (κ3) is 2.90. The maximum absolute atomic E-state index is 12.5. The minimum atomic E-state index is -0.432. The van der Waals surface area contributed by atoms with Gasteiger partial charge in [-0.2, -0.15) is 5.10 Å². The predicted molar refractivity (Wildman–Crippen MR) is 69.2 cm³/mol. The van der Waals surface area contributed by atoms with Crippen molar-refractivity contribution in [3.8, 4) is 5.75 Å². The molecule has 1 heterocycles. The quantitative estimate of drug-likeness (QED) is 0.701. The van der Waals surface area contributed by atoms with E-state index in [4.69, 9.17) is 9.47 Å².